The van der Waals surface area contributed by atoms with Crippen molar-refractivity contribution in [1.82, 2.24) is 4.98 Å². The lowest BCUT2D eigenvalue weighted by atomic mass is 10.0. The molecule has 1 aromatic heterocycles. The molecule has 0 atom stereocenters. The first-order valence-electron chi connectivity index (χ1n) is 8.95. The topological polar surface area (TPSA) is 28.5 Å². The number of para-hydroxylation sites is 1. The Morgan fingerprint density at radius 3 is 2.63 bits per heavy atom. The Hall–Kier alpha value is -2.72. The fraction of sp³-hybridized carbons (Fsp3) is 0.130. The highest BCUT2D eigenvalue weighted by Crippen LogP contribution is 2.27. The van der Waals surface area contributed by atoms with Gasteiger partial charge in [-0.15, -0.1) is 0 Å². The lowest BCUT2D eigenvalue weighted by Crippen LogP contribution is -2.20. The van der Waals surface area contributed by atoms with Gasteiger partial charge in [-0.05, 0) is 41.5 Å². The van der Waals surface area contributed by atoms with E-state index in [1.54, 1.807) is 0 Å². The molecule has 0 aliphatic carbocycles. The molecular formula is C23H20BrN3. The highest BCUT2D eigenvalue weighted by atomic mass is 79.9. The number of allylic oxidation sites excluding steroid dienone is 1. The summed E-state index contributed by atoms with van der Waals surface area (Å²) < 4.78 is 1.07. The van der Waals surface area contributed by atoms with Gasteiger partial charge in [0.25, 0.3) is 0 Å². The summed E-state index contributed by atoms with van der Waals surface area (Å²) in [5.41, 5.74) is 6.82. The van der Waals surface area contributed by atoms with E-state index in [0.717, 1.165) is 34.4 Å². The molecule has 0 saturated carbocycles. The predicted octanol–water partition coefficient (Wildman–Crippen LogP) is 5.46. The van der Waals surface area contributed by atoms with Gasteiger partial charge >= 0.3 is 0 Å². The molecule has 0 unspecified atom stereocenters. The first-order chi connectivity index (χ1) is 13.2. The smallest absolute Gasteiger partial charge is 0.0668 e. The van der Waals surface area contributed by atoms with E-state index in [1.807, 2.05) is 12.4 Å². The number of pyridine rings is 1. The Labute approximate surface area is 168 Å². The molecule has 4 heteroatoms. The van der Waals surface area contributed by atoms with Crippen molar-refractivity contribution in [2.24, 2.45) is 4.99 Å². The number of nitrogens with zero attached hydrogens (tertiary/aromatic N) is 3. The summed E-state index contributed by atoms with van der Waals surface area (Å²) in [7, 11) is 2.12. The van der Waals surface area contributed by atoms with Crippen LogP contribution in [0.15, 0.2) is 82.5 Å². The number of anilines is 1. The first-order valence-corrected chi connectivity index (χ1v) is 9.75. The van der Waals surface area contributed by atoms with Gasteiger partial charge in [0.15, 0.2) is 0 Å². The molecule has 0 bridgehead atoms. The van der Waals surface area contributed by atoms with E-state index in [0.29, 0.717) is 0 Å². The van der Waals surface area contributed by atoms with Crippen molar-refractivity contribution in [3.63, 3.8) is 0 Å². The third-order valence-corrected chi connectivity index (χ3v) is 5.27. The predicted molar refractivity (Wildman–Crippen MR) is 118 cm³/mol. The zero-order chi connectivity index (χ0) is 18.6. The Kier molecular flexibility index (Phi) is 5.16. The van der Waals surface area contributed by atoms with Gasteiger partial charge in [-0.25, -0.2) is 0 Å². The van der Waals surface area contributed by atoms with Crippen LogP contribution in [-0.4, -0.2) is 30.8 Å². The number of halogens is 1. The average Bonchev–Trinajstić information content (AvgIpc) is 2.86. The second-order valence-electron chi connectivity index (χ2n) is 6.51. The number of aliphatic imine (C=N–C) groups is 1. The van der Waals surface area contributed by atoms with Gasteiger partial charge in [-0.2, -0.15) is 0 Å². The standard InChI is InChI=1S/C23H20BrN3/c1-27-15-14-26-22(21-4-2-3-5-23(21)27)11-8-18-16-25-13-12-20(18)17-6-9-19(24)10-7-17/h2-13,16H,14-15H2,1H3/b11-8+. The van der Waals surface area contributed by atoms with E-state index in [4.69, 9.17) is 4.99 Å². The molecule has 1 aliphatic heterocycles. The van der Waals surface area contributed by atoms with Crippen molar-refractivity contribution in [3.8, 4) is 11.1 Å². The number of hydrogen-bond acceptors (Lipinski definition) is 3. The maximum Gasteiger partial charge on any atom is 0.0668 e. The second-order valence-corrected chi connectivity index (χ2v) is 7.42. The van der Waals surface area contributed by atoms with Crippen LogP contribution in [-0.2, 0) is 0 Å². The van der Waals surface area contributed by atoms with E-state index in [9.17, 15) is 0 Å². The lowest BCUT2D eigenvalue weighted by molar-refractivity contribution is 0.897. The minimum atomic E-state index is 0.789. The summed E-state index contributed by atoms with van der Waals surface area (Å²) >= 11 is 3.50. The van der Waals surface area contributed by atoms with E-state index in [-0.39, 0.29) is 0 Å². The number of fused-ring (bicyclic) bond motifs is 1. The van der Waals surface area contributed by atoms with Crippen LogP contribution in [0.25, 0.3) is 17.2 Å². The quantitative estimate of drug-likeness (QED) is 0.565. The highest BCUT2D eigenvalue weighted by Gasteiger charge is 2.13. The van der Waals surface area contributed by atoms with Gasteiger partial charge in [-0.3, -0.25) is 9.98 Å². The van der Waals surface area contributed by atoms with Gasteiger partial charge < -0.3 is 4.90 Å². The number of benzene rings is 2. The fourth-order valence-corrected chi connectivity index (χ4v) is 3.56. The maximum absolute atomic E-state index is 4.81. The van der Waals surface area contributed by atoms with Crippen LogP contribution in [0.5, 0.6) is 0 Å². The summed E-state index contributed by atoms with van der Waals surface area (Å²) in [5.74, 6) is 0. The molecule has 0 saturated heterocycles. The van der Waals surface area contributed by atoms with Gasteiger partial charge in [0.05, 0.1) is 12.3 Å². The number of likely N-dealkylation sites (N-methyl/N-ethyl adjacent to an activating group) is 1. The molecule has 134 valence electrons. The largest absolute Gasteiger partial charge is 0.372 e. The summed E-state index contributed by atoms with van der Waals surface area (Å²) in [4.78, 5) is 11.4. The van der Waals surface area contributed by atoms with Crippen LogP contribution in [0.4, 0.5) is 5.69 Å². The second kappa shape index (κ2) is 7.89. The summed E-state index contributed by atoms with van der Waals surface area (Å²) in [6, 6.07) is 18.8. The Balaban J connectivity index is 1.71. The number of aromatic nitrogens is 1. The average molecular weight is 418 g/mol. The van der Waals surface area contributed by atoms with Gasteiger partial charge in [0.1, 0.15) is 0 Å². The third-order valence-electron chi connectivity index (χ3n) is 4.74. The molecule has 0 N–H and O–H groups in total. The Morgan fingerprint density at radius 2 is 1.78 bits per heavy atom. The monoisotopic (exact) mass is 417 g/mol. The summed E-state index contributed by atoms with van der Waals surface area (Å²) in [5, 5.41) is 0. The third kappa shape index (κ3) is 3.86. The summed E-state index contributed by atoms with van der Waals surface area (Å²) in [6.45, 7) is 1.71. The van der Waals surface area contributed by atoms with Crippen LogP contribution in [0, 0.1) is 0 Å². The van der Waals surface area contributed by atoms with Crippen molar-refractivity contribution in [3.05, 3.63) is 88.7 Å². The maximum atomic E-state index is 4.81. The molecule has 1 aliphatic rings. The van der Waals surface area contributed by atoms with Crippen molar-refractivity contribution >= 4 is 33.4 Å². The molecule has 0 amide bonds. The fourth-order valence-electron chi connectivity index (χ4n) is 3.29. The molecule has 0 spiro atoms. The summed E-state index contributed by atoms with van der Waals surface area (Å²) in [6.07, 6.45) is 7.97. The Morgan fingerprint density at radius 1 is 0.963 bits per heavy atom. The zero-order valence-corrected chi connectivity index (χ0v) is 16.7. The van der Waals surface area contributed by atoms with Crippen molar-refractivity contribution in [2.75, 3.05) is 25.0 Å². The normalized spacial score (nSPS) is 14.0. The molecule has 0 radical (unpaired) electrons. The van der Waals surface area contributed by atoms with Crippen LogP contribution in [0.2, 0.25) is 0 Å². The van der Waals surface area contributed by atoms with Crippen LogP contribution >= 0.6 is 15.9 Å². The molecular weight excluding hydrogens is 398 g/mol. The molecule has 27 heavy (non-hydrogen) atoms. The van der Waals surface area contributed by atoms with Gasteiger partial charge in [-0.1, -0.05) is 52.3 Å². The zero-order valence-electron chi connectivity index (χ0n) is 15.1. The van der Waals surface area contributed by atoms with Crippen LogP contribution in [0.3, 0.4) is 0 Å². The number of rotatable bonds is 3. The molecule has 2 aromatic carbocycles. The lowest BCUT2D eigenvalue weighted by Gasteiger charge is -2.18. The first kappa shape index (κ1) is 17.7. The van der Waals surface area contributed by atoms with Crippen LogP contribution in [0.1, 0.15) is 11.1 Å². The minimum Gasteiger partial charge on any atom is -0.372 e. The van der Waals surface area contributed by atoms with Crippen molar-refractivity contribution < 1.29 is 0 Å². The Bertz CT molecular complexity index is 1010. The van der Waals surface area contributed by atoms with E-state index in [1.165, 1.54) is 16.8 Å². The SMILES string of the molecule is CN1CCN=C(/C=C/c2cnccc2-c2ccc(Br)cc2)c2ccccc21. The molecule has 3 aromatic rings. The highest BCUT2D eigenvalue weighted by molar-refractivity contribution is 9.10. The van der Waals surface area contributed by atoms with Crippen molar-refractivity contribution in [2.45, 2.75) is 0 Å². The molecule has 2 heterocycles. The van der Waals surface area contributed by atoms with E-state index >= 15 is 0 Å². The van der Waals surface area contributed by atoms with E-state index < -0.39 is 0 Å². The van der Waals surface area contributed by atoms with Crippen LogP contribution < -0.4 is 4.90 Å². The minimum absolute atomic E-state index is 0.789. The van der Waals surface area contributed by atoms with E-state index in [2.05, 4.69) is 99.6 Å². The molecule has 3 nitrogen and oxygen atoms in total. The molecule has 4 rings (SSSR count). The van der Waals surface area contributed by atoms with Gasteiger partial charge in [0.2, 0.25) is 0 Å². The van der Waals surface area contributed by atoms with Crippen molar-refractivity contribution in [1.29, 1.82) is 0 Å². The number of benzodiazepines with no additional fused rings is 1. The molecule has 0 fully saturated rings. The number of hydrogen-bond donors (Lipinski definition) is 0. The van der Waals surface area contributed by atoms with Gasteiger partial charge in [0, 0.05) is 47.3 Å².